The fourth-order valence-corrected chi connectivity index (χ4v) is 1.75. The van der Waals surface area contributed by atoms with Gasteiger partial charge in [0.2, 0.25) is 0 Å². The first kappa shape index (κ1) is 10.9. The lowest BCUT2D eigenvalue weighted by Crippen LogP contribution is -2.30. The maximum Gasteiger partial charge on any atom is 0.105 e. The minimum Gasteiger partial charge on any atom is -0.469 e. The van der Waals surface area contributed by atoms with E-state index in [4.69, 9.17) is 10.3 Å². The number of nitrogens with one attached hydrogen (secondary N) is 1. The fourth-order valence-electron chi connectivity index (χ4n) is 1.75. The van der Waals surface area contributed by atoms with Crippen LogP contribution in [0.1, 0.15) is 23.1 Å². The van der Waals surface area contributed by atoms with Crippen LogP contribution in [-0.2, 0) is 6.42 Å². The first-order valence-electron chi connectivity index (χ1n) is 5.21. The Morgan fingerprint density at radius 1 is 1.44 bits per heavy atom. The van der Waals surface area contributed by atoms with E-state index in [1.165, 1.54) is 0 Å². The van der Waals surface area contributed by atoms with E-state index in [0.29, 0.717) is 0 Å². The third kappa shape index (κ3) is 2.29. The van der Waals surface area contributed by atoms with Gasteiger partial charge in [-0.25, -0.2) is 0 Å². The summed E-state index contributed by atoms with van der Waals surface area (Å²) in [6.07, 6.45) is 4.16. The number of aryl methyl sites for hydroxylation is 1. The molecule has 1 atom stereocenters. The summed E-state index contributed by atoms with van der Waals surface area (Å²) < 4.78 is 5.31. The number of nitrogens with zero attached hydrogens (tertiary/aromatic N) is 1. The fraction of sp³-hybridized carbons (Fsp3) is 0.250. The summed E-state index contributed by atoms with van der Waals surface area (Å²) in [6, 6.07) is 7.78. The second kappa shape index (κ2) is 4.92. The summed E-state index contributed by atoms with van der Waals surface area (Å²) in [7, 11) is 0. The van der Waals surface area contributed by atoms with Crippen molar-refractivity contribution in [3.8, 4) is 0 Å². The topological polar surface area (TPSA) is 64.1 Å². The first-order valence-corrected chi connectivity index (χ1v) is 5.21. The molecular weight excluding hydrogens is 202 g/mol. The van der Waals surface area contributed by atoms with Crippen LogP contribution in [-0.4, -0.2) is 4.98 Å². The van der Waals surface area contributed by atoms with Crippen molar-refractivity contribution in [2.75, 3.05) is 0 Å². The van der Waals surface area contributed by atoms with Gasteiger partial charge in [-0.05, 0) is 30.7 Å². The molecule has 0 radical (unpaired) electrons. The number of rotatable bonds is 4. The molecule has 0 saturated carbocycles. The number of pyridine rings is 1. The van der Waals surface area contributed by atoms with Gasteiger partial charge in [0, 0.05) is 18.3 Å². The number of hydrazine groups is 1. The van der Waals surface area contributed by atoms with E-state index in [-0.39, 0.29) is 6.04 Å². The molecule has 0 aliphatic rings. The molecule has 0 aliphatic heterocycles. The van der Waals surface area contributed by atoms with Crippen molar-refractivity contribution in [2.45, 2.75) is 19.4 Å². The maximum atomic E-state index is 5.57. The lowest BCUT2D eigenvalue weighted by molar-refractivity contribution is 0.453. The third-order valence-corrected chi connectivity index (χ3v) is 2.61. The van der Waals surface area contributed by atoms with Crippen LogP contribution in [0, 0.1) is 6.92 Å². The Hall–Kier alpha value is -1.65. The molecule has 2 heterocycles. The molecule has 16 heavy (non-hydrogen) atoms. The normalized spacial score (nSPS) is 12.6. The molecule has 3 N–H and O–H groups in total. The Kier molecular flexibility index (Phi) is 3.34. The highest BCUT2D eigenvalue weighted by Crippen LogP contribution is 2.19. The molecule has 0 aliphatic carbocycles. The van der Waals surface area contributed by atoms with Gasteiger partial charge in [0.1, 0.15) is 5.76 Å². The van der Waals surface area contributed by atoms with Crippen LogP contribution < -0.4 is 11.3 Å². The molecule has 1 unspecified atom stereocenters. The second-order valence-corrected chi connectivity index (χ2v) is 3.68. The smallest absolute Gasteiger partial charge is 0.105 e. The largest absolute Gasteiger partial charge is 0.469 e. The Morgan fingerprint density at radius 3 is 2.94 bits per heavy atom. The van der Waals surface area contributed by atoms with Gasteiger partial charge in [-0.2, -0.15) is 0 Å². The van der Waals surface area contributed by atoms with Crippen LogP contribution in [0.5, 0.6) is 0 Å². The van der Waals surface area contributed by atoms with Gasteiger partial charge in [-0.1, -0.05) is 6.07 Å². The molecule has 84 valence electrons. The zero-order valence-electron chi connectivity index (χ0n) is 9.18. The van der Waals surface area contributed by atoms with E-state index < -0.39 is 0 Å². The van der Waals surface area contributed by atoms with Crippen molar-refractivity contribution in [1.29, 1.82) is 0 Å². The summed E-state index contributed by atoms with van der Waals surface area (Å²) in [5, 5.41) is 0. The Balaban J connectivity index is 2.20. The van der Waals surface area contributed by atoms with E-state index in [2.05, 4.69) is 10.4 Å². The highest BCUT2D eigenvalue weighted by Gasteiger charge is 2.14. The lowest BCUT2D eigenvalue weighted by Gasteiger charge is -2.16. The number of nitrogens with two attached hydrogens (primary N) is 1. The van der Waals surface area contributed by atoms with Crippen LogP contribution >= 0.6 is 0 Å². The average molecular weight is 217 g/mol. The molecule has 2 aromatic heterocycles. The van der Waals surface area contributed by atoms with Gasteiger partial charge in [-0.3, -0.25) is 16.3 Å². The SMILES string of the molecule is Cc1ncccc1C(Cc1ccco1)NN. The Morgan fingerprint density at radius 2 is 2.31 bits per heavy atom. The number of aromatic nitrogens is 1. The van der Waals surface area contributed by atoms with Gasteiger partial charge in [0.05, 0.1) is 12.3 Å². The van der Waals surface area contributed by atoms with Crippen LogP contribution in [0.4, 0.5) is 0 Å². The first-order chi connectivity index (χ1) is 7.81. The molecule has 4 heteroatoms. The zero-order chi connectivity index (χ0) is 11.4. The van der Waals surface area contributed by atoms with Crippen LogP contribution in [0.15, 0.2) is 41.1 Å². The minimum absolute atomic E-state index is 0.0276. The van der Waals surface area contributed by atoms with E-state index >= 15 is 0 Å². The summed E-state index contributed by atoms with van der Waals surface area (Å²) in [4.78, 5) is 4.25. The van der Waals surface area contributed by atoms with Crippen molar-refractivity contribution in [3.05, 3.63) is 53.7 Å². The molecule has 0 fully saturated rings. The lowest BCUT2D eigenvalue weighted by atomic mass is 10.0. The molecule has 0 spiro atoms. The van der Waals surface area contributed by atoms with Gasteiger partial charge < -0.3 is 4.42 Å². The summed E-state index contributed by atoms with van der Waals surface area (Å²) in [5.41, 5.74) is 4.88. The van der Waals surface area contributed by atoms with Crippen molar-refractivity contribution in [2.24, 2.45) is 5.84 Å². The summed E-state index contributed by atoms with van der Waals surface area (Å²) in [6.45, 7) is 1.97. The Bertz CT molecular complexity index is 439. The summed E-state index contributed by atoms with van der Waals surface area (Å²) >= 11 is 0. The van der Waals surface area contributed by atoms with Gasteiger partial charge in [0.15, 0.2) is 0 Å². The standard InChI is InChI=1S/C12H15N3O/c1-9-11(5-2-6-14-9)12(15-13)8-10-4-3-7-16-10/h2-7,12,15H,8,13H2,1H3. The molecule has 2 rings (SSSR count). The molecule has 2 aromatic rings. The summed E-state index contributed by atoms with van der Waals surface area (Å²) in [5.74, 6) is 6.48. The van der Waals surface area contributed by atoms with E-state index in [9.17, 15) is 0 Å². The predicted octanol–water partition coefficient (Wildman–Crippen LogP) is 1.73. The van der Waals surface area contributed by atoms with Crippen LogP contribution in [0.3, 0.4) is 0 Å². The quantitative estimate of drug-likeness (QED) is 0.604. The van der Waals surface area contributed by atoms with Gasteiger partial charge in [-0.15, -0.1) is 0 Å². The van der Waals surface area contributed by atoms with E-state index in [1.54, 1.807) is 12.5 Å². The van der Waals surface area contributed by atoms with Crippen molar-refractivity contribution in [3.63, 3.8) is 0 Å². The monoisotopic (exact) mass is 217 g/mol. The minimum atomic E-state index is 0.0276. The number of furan rings is 1. The predicted molar refractivity (Wildman–Crippen MR) is 61.5 cm³/mol. The number of hydrogen-bond acceptors (Lipinski definition) is 4. The molecule has 0 saturated heterocycles. The van der Waals surface area contributed by atoms with Crippen molar-refractivity contribution in [1.82, 2.24) is 10.4 Å². The third-order valence-electron chi connectivity index (χ3n) is 2.61. The average Bonchev–Trinajstić information content (AvgIpc) is 2.80. The van der Waals surface area contributed by atoms with Gasteiger partial charge >= 0.3 is 0 Å². The van der Waals surface area contributed by atoms with E-state index in [1.807, 2.05) is 31.2 Å². The molecule has 0 amide bonds. The van der Waals surface area contributed by atoms with Crippen molar-refractivity contribution < 1.29 is 4.42 Å². The van der Waals surface area contributed by atoms with Gasteiger partial charge in [0.25, 0.3) is 0 Å². The van der Waals surface area contributed by atoms with Crippen molar-refractivity contribution >= 4 is 0 Å². The van der Waals surface area contributed by atoms with Crippen LogP contribution in [0.2, 0.25) is 0 Å². The van der Waals surface area contributed by atoms with E-state index in [0.717, 1.165) is 23.4 Å². The molecule has 4 nitrogen and oxygen atoms in total. The Labute approximate surface area is 94.5 Å². The van der Waals surface area contributed by atoms with Crippen LogP contribution in [0.25, 0.3) is 0 Å². The maximum absolute atomic E-state index is 5.57. The second-order valence-electron chi connectivity index (χ2n) is 3.68. The zero-order valence-corrected chi connectivity index (χ0v) is 9.18. The number of hydrogen-bond donors (Lipinski definition) is 2. The highest BCUT2D eigenvalue weighted by molar-refractivity contribution is 5.23. The molecule has 0 bridgehead atoms. The highest BCUT2D eigenvalue weighted by atomic mass is 16.3. The molecule has 0 aromatic carbocycles. The molecular formula is C12H15N3O.